The predicted molar refractivity (Wildman–Crippen MR) is 87.6 cm³/mol. The van der Waals surface area contributed by atoms with Crippen molar-refractivity contribution in [3.8, 4) is 0 Å². The molecule has 0 saturated carbocycles. The number of hydrogen-bond acceptors (Lipinski definition) is 3. The Labute approximate surface area is 133 Å². The van der Waals surface area contributed by atoms with E-state index in [0.717, 1.165) is 32.5 Å². The second-order valence-corrected chi connectivity index (χ2v) is 6.60. The molecule has 0 bridgehead atoms. The van der Waals surface area contributed by atoms with Gasteiger partial charge in [0.15, 0.2) is 0 Å². The van der Waals surface area contributed by atoms with Crippen molar-refractivity contribution >= 4 is 5.91 Å². The molecule has 4 nitrogen and oxygen atoms in total. The lowest BCUT2D eigenvalue weighted by atomic mass is 10.0. The van der Waals surface area contributed by atoms with Crippen LogP contribution in [0.5, 0.6) is 0 Å². The number of hydrogen-bond donors (Lipinski definition) is 0. The van der Waals surface area contributed by atoms with Gasteiger partial charge in [0.1, 0.15) is 0 Å². The minimum absolute atomic E-state index is 0.343. The summed E-state index contributed by atoms with van der Waals surface area (Å²) in [5.74, 6) is 0.343. The molecular formula is C18H27N3O. The van der Waals surface area contributed by atoms with Crippen LogP contribution in [-0.4, -0.2) is 52.9 Å². The quantitative estimate of drug-likeness (QED) is 0.838. The Morgan fingerprint density at radius 1 is 1.09 bits per heavy atom. The number of carbonyl (C=O) groups excluding carboxylic acids is 1. The normalized spacial score (nSPS) is 22.9. The van der Waals surface area contributed by atoms with Crippen LogP contribution in [0.2, 0.25) is 0 Å². The number of aryl methyl sites for hydroxylation is 1. The lowest BCUT2D eigenvalue weighted by molar-refractivity contribution is -0.133. The second-order valence-electron chi connectivity index (χ2n) is 6.60. The van der Waals surface area contributed by atoms with Gasteiger partial charge in [-0.3, -0.25) is 14.7 Å². The maximum atomic E-state index is 12.4. The first-order valence-corrected chi connectivity index (χ1v) is 8.73. The monoisotopic (exact) mass is 301 g/mol. The number of pyridine rings is 1. The number of piperidine rings is 1. The highest BCUT2D eigenvalue weighted by molar-refractivity contribution is 5.78. The molecule has 1 aromatic rings. The third-order valence-corrected chi connectivity index (χ3v) is 5.06. The van der Waals surface area contributed by atoms with Gasteiger partial charge in [-0.25, -0.2) is 0 Å². The summed E-state index contributed by atoms with van der Waals surface area (Å²) in [7, 11) is 0. The van der Waals surface area contributed by atoms with E-state index in [9.17, 15) is 4.79 Å². The van der Waals surface area contributed by atoms with Crippen molar-refractivity contribution in [3.05, 3.63) is 30.1 Å². The summed E-state index contributed by atoms with van der Waals surface area (Å²) < 4.78 is 0. The molecule has 22 heavy (non-hydrogen) atoms. The van der Waals surface area contributed by atoms with Gasteiger partial charge in [0.05, 0.1) is 6.54 Å². The molecule has 0 N–H and O–H groups in total. The van der Waals surface area contributed by atoms with E-state index in [4.69, 9.17) is 0 Å². The Morgan fingerprint density at radius 3 is 2.64 bits per heavy atom. The summed E-state index contributed by atoms with van der Waals surface area (Å²) in [4.78, 5) is 21.0. The van der Waals surface area contributed by atoms with Crippen molar-refractivity contribution < 1.29 is 4.79 Å². The van der Waals surface area contributed by atoms with Crippen LogP contribution in [-0.2, 0) is 11.2 Å². The van der Waals surface area contributed by atoms with Gasteiger partial charge < -0.3 is 4.90 Å². The molecule has 2 aliphatic rings. The fourth-order valence-corrected chi connectivity index (χ4v) is 3.73. The Morgan fingerprint density at radius 2 is 1.86 bits per heavy atom. The zero-order valence-corrected chi connectivity index (χ0v) is 13.4. The SMILES string of the molecule is O=C(CN1CCC[C@H]1CCc1ccncc1)N1CCCCC1. The van der Waals surface area contributed by atoms with E-state index in [1.54, 1.807) is 0 Å². The van der Waals surface area contributed by atoms with Gasteiger partial charge in [0.2, 0.25) is 5.91 Å². The van der Waals surface area contributed by atoms with Crippen LogP contribution < -0.4 is 0 Å². The molecule has 1 amide bonds. The highest BCUT2D eigenvalue weighted by atomic mass is 16.2. The molecule has 0 spiro atoms. The first kappa shape index (κ1) is 15.5. The fourth-order valence-electron chi connectivity index (χ4n) is 3.73. The summed E-state index contributed by atoms with van der Waals surface area (Å²) >= 11 is 0. The van der Waals surface area contributed by atoms with Crippen LogP contribution in [0.25, 0.3) is 0 Å². The van der Waals surface area contributed by atoms with Crippen molar-refractivity contribution in [2.24, 2.45) is 0 Å². The summed E-state index contributed by atoms with van der Waals surface area (Å²) in [6.07, 6.45) is 12.1. The van der Waals surface area contributed by atoms with E-state index >= 15 is 0 Å². The van der Waals surface area contributed by atoms with Gasteiger partial charge in [-0.1, -0.05) is 0 Å². The molecular weight excluding hydrogens is 274 g/mol. The van der Waals surface area contributed by atoms with Crippen molar-refractivity contribution in [1.82, 2.24) is 14.8 Å². The second kappa shape index (κ2) is 7.73. The molecule has 1 aromatic heterocycles. The number of aromatic nitrogens is 1. The highest BCUT2D eigenvalue weighted by Gasteiger charge is 2.27. The Bertz CT molecular complexity index is 470. The molecule has 3 rings (SSSR count). The van der Waals surface area contributed by atoms with Crippen LogP contribution in [0.3, 0.4) is 0 Å². The maximum absolute atomic E-state index is 12.4. The molecule has 2 fully saturated rings. The molecule has 2 saturated heterocycles. The number of likely N-dealkylation sites (tertiary alicyclic amines) is 2. The van der Waals surface area contributed by atoms with Crippen molar-refractivity contribution in [1.29, 1.82) is 0 Å². The minimum atomic E-state index is 0.343. The molecule has 0 aromatic carbocycles. The van der Waals surface area contributed by atoms with E-state index in [2.05, 4.69) is 26.9 Å². The first-order valence-electron chi connectivity index (χ1n) is 8.73. The average molecular weight is 301 g/mol. The third kappa shape index (κ3) is 4.07. The molecule has 120 valence electrons. The van der Waals surface area contributed by atoms with E-state index in [1.165, 1.54) is 37.7 Å². The molecule has 0 radical (unpaired) electrons. The average Bonchev–Trinajstić information content (AvgIpc) is 3.02. The van der Waals surface area contributed by atoms with Crippen LogP contribution in [0.4, 0.5) is 0 Å². The first-order chi connectivity index (χ1) is 10.8. The van der Waals surface area contributed by atoms with Crippen molar-refractivity contribution in [2.75, 3.05) is 26.2 Å². The summed E-state index contributed by atoms with van der Waals surface area (Å²) in [5, 5.41) is 0. The Hall–Kier alpha value is -1.42. The number of amides is 1. The van der Waals surface area contributed by atoms with E-state index in [1.807, 2.05) is 12.4 Å². The van der Waals surface area contributed by atoms with Crippen LogP contribution >= 0.6 is 0 Å². The maximum Gasteiger partial charge on any atom is 0.236 e. The van der Waals surface area contributed by atoms with Gasteiger partial charge in [-0.15, -0.1) is 0 Å². The lowest BCUT2D eigenvalue weighted by Gasteiger charge is -2.30. The Kier molecular flexibility index (Phi) is 5.43. The van der Waals surface area contributed by atoms with Crippen molar-refractivity contribution in [2.45, 2.75) is 51.0 Å². The molecule has 4 heteroatoms. The highest BCUT2D eigenvalue weighted by Crippen LogP contribution is 2.22. The van der Waals surface area contributed by atoms with Gasteiger partial charge in [-0.2, -0.15) is 0 Å². The number of rotatable bonds is 5. The fraction of sp³-hybridized carbons (Fsp3) is 0.667. The van der Waals surface area contributed by atoms with Crippen molar-refractivity contribution in [3.63, 3.8) is 0 Å². The number of carbonyl (C=O) groups is 1. The standard InChI is InChI=1S/C18H27N3O/c22-18(20-12-2-1-3-13-20)15-21-14-4-5-17(21)7-6-16-8-10-19-11-9-16/h8-11,17H,1-7,12-15H2/t17-/m0/s1. The van der Waals surface area contributed by atoms with E-state index < -0.39 is 0 Å². The summed E-state index contributed by atoms with van der Waals surface area (Å²) in [6, 6.07) is 4.76. The predicted octanol–water partition coefficient (Wildman–Crippen LogP) is 2.49. The van der Waals surface area contributed by atoms with Crippen LogP contribution in [0.1, 0.15) is 44.1 Å². The van der Waals surface area contributed by atoms with Gasteiger partial charge in [0.25, 0.3) is 0 Å². The van der Waals surface area contributed by atoms with Crippen LogP contribution in [0.15, 0.2) is 24.5 Å². The molecule has 1 atom stereocenters. The van der Waals surface area contributed by atoms with Gasteiger partial charge >= 0.3 is 0 Å². The zero-order valence-electron chi connectivity index (χ0n) is 13.4. The van der Waals surface area contributed by atoms with Gasteiger partial charge in [-0.05, 0) is 69.2 Å². The smallest absolute Gasteiger partial charge is 0.236 e. The molecule has 3 heterocycles. The molecule has 2 aliphatic heterocycles. The van der Waals surface area contributed by atoms with Gasteiger partial charge in [0, 0.05) is 31.5 Å². The minimum Gasteiger partial charge on any atom is -0.342 e. The molecule has 0 unspecified atom stereocenters. The topological polar surface area (TPSA) is 36.4 Å². The van der Waals surface area contributed by atoms with E-state index in [0.29, 0.717) is 18.5 Å². The Balaban J connectivity index is 1.48. The largest absolute Gasteiger partial charge is 0.342 e. The summed E-state index contributed by atoms with van der Waals surface area (Å²) in [6.45, 7) is 3.64. The third-order valence-electron chi connectivity index (χ3n) is 5.06. The molecule has 0 aliphatic carbocycles. The van der Waals surface area contributed by atoms with Crippen LogP contribution in [0, 0.1) is 0 Å². The summed E-state index contributed by atoms with van der Waals surface area (Å²) in [5.41, 5.74) is 1.35. The zero-order chi connectivity index (χ0) is 15.2. The number of nitrogens with zero attached hydrogens (tertiary/aromatic N) is 3. The lowest BCUT2D eigenvalue weighted by Crippen LogP contribution is -2.44. The van der Waals surface area contributed by atoms with E-state index in [-0.39, 0.29) is 0 Å².